The fourth-order valence-corrected chi connectivity index (χ4v) is 6.28. The molecule has 1 amide bonds. The summed E-state index contributed by atoms with van der Waals surface area (Å²) in [5, 5.41) is 0. The first-order valence-corrected chi connectivity index (χ1v) is 11.3. The molecular formula is C17H19FN2O3S3. The molecule has 0 bridgehead atoms. The molecule has 0 unspecified atom stereocenters. The van der Waals surface area contributed by atoms with Crippen molar-refractivity contribution in [3.8, 4) is 0 Å². The molecule has 1 saturated heterocycles. The highest BCUT2D eigenvalue weighted by Gasteiger charge is 2.30. The van der Waals surface area contributed by atoms with Crippen molar-refractivity contribution in [3.63, 3.8) is 0 Å². The van der Waals surface area contributed by atoms with E-state index in [1.54, 1.807) is 29.2 Å². The molecule has 5 nitrogen and oxygen atoms in total. The van der Waals surface area contributed by atoms with Crippen molar-refractivity contribution in [1.82, 2.24) is 9.21 Å². The van der Waals surface area contributed by atoms with Crippen LogP contribution in [0.4, 0.5) is 4.39 Å². The van der Waals surface area contributed by atoms with Crippen molar-refractivity contribution in [2.75, 3.05) is 31.9 Å². The minimum absolute atomic E-state index is 0.0386. The topological polar surface area (TPSA) is 57.7 Å². The van der Waals surface area contributed by atoms with Crippen molar-refractivity contribution >= 4 is 39.0 Å². The van der Waals surface area contributed by atoms with Gasteiger partial charge in [0, 0.05) is 36.0 Å². The van der Waals surface area contributed by atoms with Crippen LogP contribution >= 0.6 is 23.1 Å². The number of carbonyl (C=O) groups excluding carboxylic acids is 1. The van der Waals surface area contributed by atoms with Gasteiger partial charge in [-0.25, -0.2) is 12.8 Å². The van der Waals surface area contributed by atoms with E-state index in [0.717, 1.165) is 9.77 Å². The zero-order chi connectivity index (χ0) is 18.7. The highest BCUT2D eigenvalue weighted by molar-refractivity contribution is 8.00. The summed E-state index contributed by atoms with van der Waals surface area (Å²) in [7, 11) is -3.48. The average Bonchev–Trinajstić information content (AvgIpc) is 3.08. The molecule has 9 heteroatoms. The largest absolute Gasteiger partial charge is 0.339 e. The predicted octanol–water partition coefficient (Wildman–Crippen LogP) is 2.82. The summed E-state index contributed by atoms with van der Waals surface area (Å²) < 4.78 is 39.9. The zero-order valence-corrected chi connectivity index (χ0v) is 16.7. The van der Waals surface area contributed by atoms with E-state index in [-0.39, 0.29) is 17.5 Å². The van der Waals surface area contributed by atoms with Crippen LogP contribution in [-0.2, 0) is 14.8 Å². The van der Waals surface area contributed by atoms with Crippen molar-refractivity contribution < 1.29 is 17.6 Å². The molecule has 0 spiro atoms. The van der Waals surface area contributed by atoms with Crippen LogP contribution in [0, 0.1) is 12.7 Å². The van der Waals surface area contributed by atoms with Crippen LogP contribution in [0.25, 0.3) is 0 Å². The van der Waals surface area contributed by atoms with Gasteiger partial charge in [0.15, 0.2) is 0 Å². The van der Waals surface area contributed by atoms with E-state index < -0.39 is 10.0 Å². The summed E-state index contributed by atoms with van der Waals surface area (Å²) in [6.07, 6.45) is 0. The number of rotatable bonds is 5. The van der Waals surface area contributed by atoms with Gasteiger partial charge in [0.2, 0.25) is 5.91 Å². The van der Waals surface area contributed by atoms with Crippen molar-refractivity contribution in [2.24, 2.45) is 0 Å². The molecule has 1 aliphatic rings. The molecule has 1 aliphatic heterocycles. The number of thiophene rings is 1. The zero-order valence-electron chi connectivity index (χ0n) is 14.2. The molecule has 3 rings (SSSR count). The smallest absolute Gasteiger partial charge is 0.252 e. The summed E-state index contributed by atoms with van der Waals surface area (Å²) in [6, 6.07) is 9.43. The third-order valence-electron chi connectivity index (χ3n) is 4.08. The average molecular weight is 415 g/mol. The Hall–Kier alpha value is -1.42. The van der Waals surface area contributed by atoms with Gasteiger partial charge in [0.1, 0.15) is 10.0 Å². The number of amides is 1. The van der Waals surface area contributed by atoms with E-state index in [2.05, 4.69) is 0 Å². The fourth-order valence-electron chi connectivity index (χ4n) is 2.62. The van der Waals surface area contributed by atoms with Gasteiger partial charge in [-0.1, -0.05) is 0 Å². The van der Waals surface area contributed by atoms with Gasteiger partial charge < -0.3 is 4.90 Å². The van der Waals surface area contributed by atoms with Gasteiger partial charge in [0.25, 0.3) is 10.0 Å². The van der Waals surface area contributed by atoms with Crippen LogP contribution in [0.5, 0.6) is 0 Å². The van der Waals surface area contributed by atoms with E-state index >= 15 is 0 Å². The number of thioether (sulfide) groups is 1. The monoisotopic (exact) mass is 414 g/mol. The van der Waals surface area contributed by atoms with E-state index in [1.165, 1.54) is 39.5 Å². The summed E-state index contributed by atoms with van der Waals surface area (Å²) in [6.45, 7) is 3.23. The second-order valence-electron chi connectivity index (χ2n) is 5.89. The summed E-state index contributed by atoms with van der Waals surface area (Å²) in [5.74, 6) is -0.0926. The molecule has 140 valence electrons. The number of halogens is 1. The van der Waals surface area contributed by atoms with E-state index in [4.69, 9.17) is 0 Å². The molecule has 1 aromatic heterocycles. The second-order valence-corrected chi connectivity index (χ2v) is 10.4. The highest BCUT2D eigenvalue weighted by atomic mass is 32.2. The number of piperazine rings is 1. The maximum atomic E-state index is 12.9. The van der Waals surface area contributed by atoms with Crippen LogP contribution in [0.2, 0.25) is 0 Å². The van der Waals surface area contributed by atoms with Crippen molar-refractivity contribution in [1.29, 1.82) is 0 Å². The lowest BCUT2D eigenvalue weighted by atomic mass is 10.3. The summed E-state index contributed by atoms with van der Waals surface area (Å²) >= 11 is 2.61. The van der Waals surface area contributed by atoms with Gasteiger partial charge in [0.05, 0.1) is 5.75 Å². The Morgan fingerprint density at radius 2 is 1.77 bits per heavy atom. The number of nitrogens with zero attached hydrogens (tertiary/aromatic N) is 2. The summed E-state index contributed by atoms with van der Waals surface area (Å²) in [5.41, 5.74) is 0. The Labute approximate surface area is 160 Å². The molecule has 0 saturated carbocycles. The molecule has 0 atom stereocenters. The van der Waals surface area contributed by atoms with Gasteiger partial charge >= 0.3 is 0 Å². The standard InChI is InChI=1S/C17H19FN2O3S3/c1-13-2-7-17(25-13)26(22,23)20-10-8-19(9-11-20)16(21)12-24-15-5-3-14(18)4-6-15/h2-7H,8-12H2,1H3. The Morgan fingerprint density at radius 3 is 2.35 bits per heavy atom. The van der Waals surface area contributed by atoms with Crippen LogP contribution in [-0.4, -0.2) is 55.5 Å². The minimum Gasteiger partial charge on any atom is -0.339 e. The first-order valence-electron chi connectivity index (χ1n) is 8.09. The van der Waals surface area contributed by atoms with Gasteiger partial charge in [-0.05, 0) is 43.3 Å². The lowest BCUT2D eigenvalue weighted by molar-refractivity contribution is -0.129. The minimum atomic E-state index is -3.48. The molecule has 1 aromatic carbocycles. The SMILES string of the molecule is Cc1ccc(S(=O)(=O)N2CCN(C(=O)CSc3ccc(F)cc3)CC2)s1. The number of aryl methyl sites for hydroxylation is 1. The first-order chi connectivity index (χ1) is 12.4. The van der Waals surface area contributed by atoms with Crippen LogP contribution < -0.4 is 0 Å². The van der Waals surface area contributed by atoms with Crippen LogP contribution in [0.1, 0.15) is 4.88 Å². The maximum Gasteiger partial charge on any atom is 0.252 e. The van der Waals surface area contributed by atoms with E-state index in [0.29, 0.717) is 30.4 Å². The van der Waals surface area contributed by atoms with Crippen LogP contribution in [0.3, 0.4) is 0 Å². The van der Waals surface area contributed by atoms with E-state index in [1.807, 2.05) is 6.92 Å². The van der Waals surface area contributed by atoms with Gasteiger partial charge in [-0.15, -0.1) is 23.1 Å². The maximum absolute atomic E-state index is 12.9. The Morgan fingerprint density at radius 1 is 1.12 bits per heavy atom. The molecule has 2 aromatic rings. The van der Waals surface area contributed by atoms with Crippen molar-refractivity contribution in [3.05, 3.63) is 47.1 Å². The molecule has 0 aliphatic carbocycles. The quantitative estimate of drug-likeness (QED) is 0.706. The lowest BCUT2D eigenvalue weighted by Crippen LogP contribution is -2.50. The Kier molecular flexibility index (Phi) is 6.01. The summed E-state index contributed by atoms with van der Waals surface area (Å²) in [4.78, 5) is 15.8. The highest BCUT2D eigenvalue weighted by Crippen LogP contribution is 2.25. The van der Waals surface area contributed by atoms with Gasteiger partial charge in [-0.2, -0.15) is 4.31 Å². The molecule has 0 N–H and O–H groups in total. The Bertz CT molecular complexity index is 873. The number of carbonyl (C=O) groups is 1. The molecule has 0 radical (unpaired) electrons. The number of hydrogen-bond donors (Lipinski definition) is 0. The van der Waals surface area contributed by atoms with Crippen LogP contribution in [0.15, 0.2) is 45.5 Å². The molecule has 1 fully saturated rings. The molecule has 26 heavy (non-hydrogen) atoms. The number of benzene rings is 1. The Balaban J connectivity index is 1.53. The third-order valence-corrected chi connectivity index (χ3v) is 8.44. The molecule has 2 heterocycles. The van der Waals surface area contributed by atoms with Crippen molar-refractivity contribution in [2.45, 2.75) is 16.0 Å². The second kappa shape index (κ2) is 8.08. The lowest BCUT2D eigenvalue weighted by Gasteiger charge is -2.33. The first kappa shape index (κ1) is 19.3. The van der Waals surface area contributed by atoms with E-state index in [9.17, 15) is 17.6 Å². The fraction of sp³-hybridized carbons (Fsp3) is 0.353. The molecular weight excluding hydrogens is 395 g/mol. The predicted molar refractivity (Wildman–Crippen MR) is 102 cm³/mol. The third kappa shape index (κ3) is 4.46. The number of hydrogen-bond acceptors (Lipinski definition) is 5. The van der Waals surface area contributed by atoms with Gasteiger partial charge in [-0.3, -0.25) is 4.79 Å². The number of sulfonamides is 1. The normalized spacial score (nSPS) is 16.0.